The maximum atomic E-state index is 6.15. The van der Waals surface area contributed by atoms with Gasteiger partial charge in [-0.05, 0) is 47.3 Å². The van der Waals surface area contributed by atoms with Crippen LogP contribution in [0.4, 0.5) is 5.82 Å². The summed E-state index contributed by atoms with van der Waals surface area (Å²) in [6.45, 7) is 8.74. The van der Waals surface area contributed by atoms with Gasteiger partial charge < -0.3 is 11.5 Å². The van der Waals surface area contributed by atoms with Crippen LogP contribution in [0.2, 0.25) is 0 Å². The number of nitrogen functional groups attached to an aromatic ring is 1. The number of anilines is 1. The van der Waals surface area contributed by atoms with E-state index in [2.05, 4.69) is 48.6 Å². The third-order valence-electron chi connectivity index (χ3n) is 5.58. The highest BCUT2D eigenvalue weighted by molar-refractivity contribution is 5.78. The van der Waals surface area contributed by atoms with Crippen molar-refractivity contribution in [3.05, 3.63) is 47.8 Å². The number of rotatable bonds is 2. The van der Waals surface area contributed by atoms with Crippen molar-refractivity contribution in [2.45, 2.75) is 44.6 Å². The molecule has 0 saturated heterocycles. The first-order valence-electron chi connectivity index (χ1n) is 8.56. The highest BCUT2D eigenvalue weighted by Gasteiger charge is 2.35. The minimum Gasteiger partial charge on any atom is -0.383 e. The van der Waals surface area contributed by atoms with Crippen molar-refractivity contribution in [2.75, 3.05) is 5.73 Å². The number of fused-ring (bicyclic) bond motifs is 3. The van der Waals surface area contributed by atoms with Gasteiger partial charge in [-0.2, -0.15) is 0 Å². The fraction of sp³-hybridized carbons (Fsp3) is 0.400. The molecule has 2 aliphatic rings. The van der Waals surface area contributed by atoms with Crippen LogP contribution < -0.4 is 11.5 Å². The zero-order valence-corrected chi connectivity index (χ0v) is 14.3. The first-order valence-corrected chi connectivity index (χ1v) is 8.56. The number of nitrogens with two attached hydrogens (primary N) is 2. The van der Waals surface area contributed by atoms with E-state index in [1.807, 2.05) is 0 Å². The Kier molecular flexibility index (Phi) is 3.29. The van der Waals surface area contributed by atoms with Crippen molar-refractivity contribution >= 4 is 11.4 Å². The molecular formula is C20H24N4. The van der Waals surface area contributed by atoms with Gasteiger partial charge >= 0.3 is 0 Å². The Balaban J connectivity index is 1.78. The highest BCUT2D eigenvalue weighted by Crippen LogP contribution is 2.45. The average Bonchev–Trinajstić information content (AvgIpc) is 2.50. The van der Waals surface area contributed by atoms with E-state index in [1.54, 1.807) is 6.33 Å². The molecule has 0 bridgehead atoms. The third kappa shape index (κ3) is 2.25. The SMILES string of the molecule is C=C(c1ccc2c(c1)CC(C)(C)c1c(N)ncnc1-2)C1CC(N)C1. The molecule has 0 radical (unpaired) electrons. The lowest BCUT2D eigenvalue weighted by atomic mass is 9.70. The molecule has 4 nitrogen and oxygen atoms in total. The monoisotopic (exact) mass is 320 g/mol. The van der Waals surface area contributed by atoms with Gasteiger partial charge in [-0.1, -0.05) is 38.6 Å². The molecule has 1 heterocycles. The largest absolute Gasteiger partial charge is 0.383 e. The van der Waals surface area contributed by atoms with Gasteiger partial charge in [0.25, 0.3) is 0 Å². The highest BCUT2D eigenvalue weighted by atomic mass is 14.9. The summed E-state index contributed by atoms with van der Waals surface area (Å²) < 4.78 is 0. The Bertz CT molecular complexity index is 832. The van der Waals surface area contributed by atoms with Crippen molar-refractivity contribution in [3.8, 4) is 11.3 Å². The van der Waals surface area contributed by atoms with Crippen molar-refractivity contribution in [3.63, 3.8) is 0 Å². The van der Waals surface area contributed by atoms with Crippen LogP contribution in [0, 0.1) is 5.92 Å². The van der Waals surface area contributed by atoms with Crippen molar-refractivity contribution in [1.82, 2.24) is 9.97 Å². The predicted molar refractivity (Wildman–Crippen MR) is 98.3 cm³/mol. The summed E-state index contributed by atoms with van der Waals surface area (Å²) in [7, 11) is 0. The fourth-order valence-corrected chi connectivity index (χ4v) is 4.19. The second kappa shape index (κ2) is 5.15. The third-order valence-corrected chi connectivity index (χ3v) is 5.58. The van der Waals surface area contributed by atoms with Gasteiger partial charge in [-0.25, -0.2) is 9.97 Å². The van der Waals surface area contributed by atoms with Gasteiger partial charge in [0.15, 0.2) is 0 Å². The van der Waals surface area contributed by atoms with Crippen LogP contribution in [0.1, 0.15) is 43.4 Å². The van der Waals surface area contributed by atoms with Crippen LogP contribution in [0.5, 0.6) is 0 Å². The fourth-order valence-electron chi connectivity index (χ4n) is 4.19. The Morgan fingerprint density at radius 1 is 1.25 bits per heavy atom. The molecule has 0 aliphatic heterocycles. The lowest BCUT2D eigenvalue weighted by Crippen LogP contribution is -2.36. The van der Waals surface area contributed by atoms with E-state index < -0.39 is 0 Å². The van der Waals surface area contributed by atoms with E-state index >= 15 is 0 Å². The molecule has 0 spiro atoms. The molecule has 1 aromatic heterocycles. The van der Waals surface area contributed by atoms with Gasteiger partial charge in [0, 0.05) is 17.2 Å². The zero-order chi connectivity index (χ0) is 17.1. The minimum atomic E-state index is -0.0769. The number of benzene rings is 1. The normalized spacial score (nSPS) is 23.8. The number of aromatic nitrogens is 2. The van der Waals surface area contributed by atoms with Crippen molar-refractivity contribution < 1.29 is 0 Å². The quantitative estimate of drug-likeness (QED) is 0.890. The van der Waals surface area contributed by atoms with Gasteiger partial charge in [0.05, 0.1) is 5.69 Å². The smallest absolute Gasteiger partial charge is 0.131 e. The van der Waals surface area contributed by atoms with Gasteiger partial charge in [0.1, 0.15) is 12.1 Å². The van der Waals surface area contributed by atoms with E-state index in [0.717, 1.165) is 30.5 Å². The number of hydrogen-bond donors (Lipinski definition) is 2. The van der Waals surface area contributed by atoms with E-state index in [4.69, 9.17) is 11.5 Å². The molecule has 4 N–H and O–H groups in total. The molecule has 1 aromatic carbocycles. The van der Waals surface area contributed by atoms with Crippen LogP contribution in [0.3, 0.4) is 0 Å². The van der Waals surface area contributed by atoms with E-state index in [0.29, 0.717) is 17.8 Å². The van der Waals surface area contributed by atoms with E-state index in [-0.39, 0.29) is 5.41 Å². The maximum absolute atomic E-state index is 6.15. The summed E-state index contributed by atoms with van der Waals surface area (Å²) in [6.07, 6.45) is 4.59. The van der Waals surface area contributed by atoms with E-state index in [1.165, 1.54) is 22.3 Å². The molecule has 0 unspecified atom stereocenters. The van der Waals surface area contributed by atoms with E-state index in [9.17, 15) is 0 Å². The summed E-state index contributed by atoms with van der Waals surface area (Å²) in [6, 6.07) is 6.94. The first kappa shape index (κ1) is 15.3. The van der Waals surface area contributed by atoms with Crippen LogP contribution in [-0.2, 0) is 11.8 Å². The van der Waals surface area contributed by atoms with Crippen LogP contribution in [0.25, 0.3) is 16.8 Å². The standard InChI is InChI=1S/C20H24N4/c1-11(13-7-15(21)8-13)12-4-5-16-14(6-12)9-20(2,3)17-18(16)23-10-24-19(17)22/h4-6,10,13,15H,1,7-9,21H2,2-3H3,(H2,22,23,24). The summed E-state index contributed by atoms with van der Waals surface area (Å²) in [5, 5.41) is 0. The Hall–Kier alpha value is -2.20. The average molecular weight is 320 g/mol. The zero-order valence-electron chi connectivity index (χ0n) is 14.3. The second-order valence-corrected chi connectivity index (χ2v) is 7.87. The second-order valence-electron chi connectivity index (χ2n) is 7.87. The van der Waals surface area contributed by atoms with Crippen LogP contribution in [-0.4, -0.2) is 16.0 Å². The van der Waals surface area contributed by atoms with Crippen LogP contribution in [0.15, 0.2) is 31.1 Å². The van der Waals surface area contributed by atoms with Crippen molar-refractivity contribution in [2.24, 2.45) is 11.7 Å². The summed E-state index contributed by atoms with van der Waals surface area (Å²) in [5.74, 6) is 1.12. The lowest BCUT2D eigenvalue weighted by Gasteiger charge is -2.36. The Morgan fingerprint density at radius 2 is 2.00 bits per heavy atom. The molecule has 0 amide bonds. The molecule has 24 heavy (non-hydrogen) atoms. The number of nitrogens with zero attached hydrogens (tertiary/aromatic N) is 2. The topological polar surface area (TPSA) is 77.8 Å². The molecule has 124 valence electrons. The van der Waals surface area contributed by atoms with Crippen molar-refractivity contribution in [1.29, 1.82) is 0 Å². The summed E-state index contributed by atoms with van der Waals surface area (Å²) in [5.41, 5.74) is 19.0. The molecule has 4 heteroatoms. The maximum Gasteiger partial charge on any atom is 0.131 e. The summed E-state index contributed by atoms with van der Waals surface area (Å²) >= 11 is 0. The molecule has 2 aliphatic carbocycles. The minimum absolute atomic E-state index is 0.0769. The predicted octanol–water partition coefficient (Wildman–Crippen LogP) is 3.31. The van der Waals surface area contributed by atoms with Gasteiger partial charge in [-0.15, -0.1) is 0 Å². The Morgan fingerprint density at radius 3 is 2.71 bits per heavy atom. The molecule has 0 atom stereocenters. The van der Waals surface area contributed by atoms with Gasteiger partial charge in [-0.3, -0.25) is 0 Å². The molecule has 2 aromatic rings. The molecule has 1 saturated carbocycles. The summed E-state index contributed by atoms with van der Waals surface area (Å²) in [4.78, 5) is 8.73. The van der Waals surface area contributed by atoms with Crippen LogP contribution >= 0.6 is 0 Å². The first-order chi connectivity index (χ1) is 11.4. The lowest BCUT2D eigenvalue weighted by molar-refractivity contribution is 0.335. The molecular weight excluding hydrogens is 296 g/mol. The molecule has 1 fully saturated rings. The molecule has 4 rings (SSSR count). The Labute approximate surface area is 143 Å². The van der Waals surface area contributed by atoms with Gasteiger partial charge in [0.2, 0.25) is 0 Å². The number of hydrogen-bond acceptors (Lipinski definition) is 4. The number of allylic oxidation sites excluding steroid dienone is 1.